The molecular weight excluding hydrogens is 596 g/mol. The lowest BCUT2D eigenvalue weighted by molar-refractivity contribution is -0.150. The molecule has 0 spiro atoms. The van der Waals surface area contributed by atoms with Crippen LogP contribution in [0.3, 0.4) is 0 Å². The predicted molar refractivity (Wildman–Crippen MR) is 173 cm³/mol. The van der Waals surface area contributed by atoms with Crippen molar-refractivity contribution in [2.75, 3.05) is 34.4 Å². The van der Waals surface area contributed by atoms with Crippen LogP contribution in [-0.4, -0.2) is 73.7 Å². The highest BCUT2D eigenvalue weighted by Gasteiger charge is 2.55. The number of thioether (sulfide) groups is 1. The maximum atomic E-state index is 13.1. The summed E-state index contributed by atoms with van der Waals surface area (Å²) in [5, 5.41) is 1.63. The Balaban J connectivity index is 1.32. The molecule has 1 fully saturated rings. The molecule has 1 heterocycles. The second kappa shape index (κ2) is 15.6. The summed E-state index contributed by atoms with van der Waals surface area (Å²) in [6, 6.07) is 23.2. The monoisotopic (exact) mass is 630 g/mol. The van der Waals surface area contributed by atoms with Gasteiger partial charge in [-0.1, -0.05) is 42.5 Å². The van der Waals surface area contributed by atoms with Crippen molar-refractivity contribution in [1.82, 2.24) is 10.2 Å². The number of carbonyl (C=O) groups excluding carboxylic acids is 3. The van der Waals surface area contributed by atoms with E-state index in [2.05, 4.69) is 22.0 Å². The van der Waals surface area contributed by atoms with E-state index in [4.69, 9.17) is 18.9 Å². The molecule has 1 saturated heterocycles. The number of imide groups is 1. The van der Waals surface area contributed by atoms with Gasteiger partial charge < -0.3 is 23.8 Å². The number of nitrogens with zero attached hydrogens (tertiary/aromatic N) is 3. The highest BCUT2D eigenvalue weighted by molar-refractivity contribution is 8.16. The molecule has 0 aliphatic carbocycles. The molecular formula is C33H34N4O7S. The van der Waals surface area contributed by atoms with E-state index in [0.717, 1.165) is 5.56 Å². The first kappa shape index (κ1) is 32.8. The third-order valence-electron chi connectivity index (χ3n) is 6.77. The minimum atomic E-state index is -1.71. The number of amidine groups is 1. The van der Waals surface area contributed by atoms with E-state index in [1.165, 1.54) is 0 Å². The van der Waals surface area contributed by atoms with Crippen molar-refractivity contribution in [3.8, 4) is 17.2 Å². The predicted octanol–water partition coefficient (Wildman–Crippen LogP) is 4.66. The number of aliphatic imine (C=N–C) groups is 2. The lowest BCUT2D eigenvalue weighted by Crippen LogP contribution is -2.46. The summed E-state index contributed by atoms with van der Waals surface area (Å²) >= 11 is 0.641. The minimum absolute atomic E-state index is 0.00790. The Hall–Kier alpha value is -5.10. The Morgan fingerprint density at radius 2 is 1.64 bits per heavy atom. The molecule has 0 aromatic heterocycles. The molecule has 45 heavy (non-hydrogen) atoms. The number of benzene rings is 3. The molecule has 1 atom stereocenters. The van der Waals surface area contributed by atoms with Gasteiger partial charge in [0, 0.05) is 26.6 Å². The summed E-state index contributed by atoms with van der Waals surface area (Å²) in [6.45, 7) is 4.41. The molecule has 0 radical (unpaired) electrons. The van der Waals surface area contributed by atoms with Crippen molar-refractivity contribution in [1.29, 1.82) is 0 Å². The zero-order valence-electron chi connectivity index (χ0n) is 25.2. The lowest BCUT2D eigenvalue weighted by Gasteiger charge is -2.22. The Morgan fingerprint density at radius 1 is 0.978 bits per heavy atom. The van der Waals surface area contributed by atoms with E-state index in [-0.39, 0.29) is 18.9 Å². The van der Waals surface area contributed by atoms with E-state index < -0.39 is 21.9 Å². The van der Waals surface area contributed by atoms with Gasteiger partial charge in [-0.05, 0) is 66.0 Å². The Bertz CT molecular complexity index is 1560. The summed E-state index contributed by atoms with van der Waals surface area (Å²) in [4.78, 5) is 48.2. The van der Waals surface area contributed by atoms with Crippen LogP contribution in [0.1, 0.15) is 11.1 Å². The summed E-state index contributed by atoms with van der Waals surface area (Å²) in [5.41, 5.74) is 1.44. The van der Waals surface area contributed by atoms with E-state index in [9.17, 15) is 14.4 Å². The lowest BCUT2D eigenvalue weighted by atomic mass is 9.97. The average Bonchev–Trinajstić information content (AvgIpc) is 3.35. The molecule has 234 valence electrons. The van der Waals surface area contributed by atoms with E-state index in [0.29, 0.717) is 53.6 Å². The minimum Gasteiger partial charge on any atom is -0.497 e. The molecule has 11 nitrogen and oxygen atoms in total. The summed E-state index contributed by atoms with van der Waals surface area (Å²) in [7, 11) is 5.12. The number of nitrogens with one attached hydrogen (secondary N) is 1. The number of ether oxygens (including phenoxy) is 4. The number of carbonyl (C=O) groups is 3. The normalized spacial score (nSPS) is 16.5. The SMILES string of the molecule is C=N/C(=C\C(=NC)N(C)CCOc1ccc(CC2(C(=O)OCc3ccccc3)SC(=O)NC2=O)cc1)Oc1ccc(OC)cc1. The van der Waals surface area contributed by atoms with Crippen molar-refractivity contribution < 1.29 is 33.3 Å². The van der Waals surface area contributed by atoms with Crippen molar-refractivity contribution in [2.45, 2.75) is 17.8 Å². The van der Waals surface area contributed by atoms with Gasteiger partial charge in [0.1, 0.15) is 36.3 Å². The van der Waals surface area contributed by atoms with Gasteiger partial charge in [-0.2, -0.15) is 0 Å². The van der Waals surface area contributed by atoms with Crippen LogP contribution in [0.15, 0.2) is 101 Å². The zero-order chi connectivity index (χ0) is 32.2. The topological polar surface area (TPSA) is 128 Å². The molecule has 1 aliphatic rings. The van der Waals surface area contributed by atoms with Gasteiger partial charge in [-0.3, -0.25) is 19.9 Å². The Kier molecular flexibility index (Phi) is 11.4. The zero-order valence-corrected chi connectivity index (χ0v) is 26.0. The van der Waals surface area contributed by atoms with E-state index >= 15 is 0 Å². The van der Waals surface area contributed by atoms with Crippen LogP contribution in [0.4, 0.5) is 4.79 Å². The van der Waals surface area contributed by atoms with Gasteiger partial charge in [-0.15, -0.1) is 0 Å². The van der Waals surface area contributed by atoms with Crippen molar-refractivity contribution in [3.05, 3.63) is 102 Å². The van der Waals surface area contributed by atoms with Crippen LogP contribution in [0.2, 0.25) is 0 Å². The van der Waals surface area contributed by atoms with Crippen LogP contribution in [0, 0.1) is 0 Å². The smallest absolute Gasteiger partial charge is 0.333 e. The first-order valence-electron chi connectivity index (χ1n) is 13.9. The number of amides is 2. The third-order valence-corrected chi connectivity index (χ3v) is 7.91. The molecule has 1 aliphatic heterocycles. The Labute approximate surface area is 265 Å². The van der Waals surface area contributed by atoms with Crippen LogP contribution >= 0.6 is 11.8 Å². The first-order valence-corrected chi connectivity index (χ1v) is 14.7. The maximum Gasteiger partial charge on any atom is 0.333 e. The molecule has 4 rings (SSSR count). The van der Waals surface area contributed by atoms with Crippen molar-refractivity contribution in [3.63, 3.8) is 0 Å². The van der Waals surface area contributed by atoms with E-state index in [1.807, 2.05) is 42.3 Å². The second-order valence-corrected chi connectivity index (χ2v) is 11.1. The number of rotatable bonds is 14. The first-order chi connectivity index (χ1) is 21.8. The second-order valence-electron chi connectivity index (χ2n) is 9.82. The molecule has 3 aromatic carbocycles. The third kappa shape index (κ3) is 8.73. The fourth-order valence-electron chi connectivity index (χ4n) is 4.32. The largest absolute Gasteiger partial charge is 0.497 e. The van der Waals surface area contributed by atoms with Gasteiger partial charge in [0.2, 0.25) is 10.6 Å². The molecule has 0 saturated carbocycles. The van der Waals surface area contributed by atoms with Gasteiger partial charge in [0.25, 0.3) is 11.1 Å². The maximum absolute atomic E-state index is 13.1. The van der Waals surface area contributed by atoms with Gasteiger partial charge >= 0.3 is 5.97 Å². The molecule has 12 heteroatoms. The highest BCUT2D eigenvalue weighted by atomic mass is 32.2. The molecule has 1 N–H and O–H groups in total. The summed E-state index contributed by atoms with van der Waals surface area (Å²) in [5.74, 6) is 1.31. The van der Waals surface area contributed by atoms with Crippen LogP contribution in [-0.2, 0) is 27.4 Å². The standard InChI is InChI=1S/C33H34N4O7S/c1-34-28(20-29(35-2)44-27-16-14-25(41-4)15-17-27)37(3)18-19-42-26-12-10-23(11-13-26)21-33(30(38)36-32(40)45-33)31(39)43-22-24-8-6-5-7-9-24/h5-17,20H,2,18-19,21-22H2,1,3-4H3,(H,36,38,40)/b29-20+,34-28?. The van der Waals surface area contributed by atoms with Crippen molar-refractivity contribution in [2.24, 2.45) is 9.98 Å². The highest BCUT2D eigenvalue weighted by Crippen LogP contribution is 2.37. The van der Waals surface area contributed by atoms with Gasteiger partial charge in [0.05, 0.1) is 13.7 Å². The number of hydrogen-bond donors (Lipinski definition) is 1. The summed E-state index contributed by atoms with van der Waals surface area (Å²) < 4.78 is 20.7. The van der Waals surface area contributed by atoms with Crippen molar-refractivity contribution >= 4 is 41.4 Å². The van der Waals surface area contributed by atoms with Gasteiger partial charge in [-0.25, -0.2) is 9.79 Å². The van der Waals surface area contributed by atoms with Crippen LogP contribution < -0.4 is 19.5 Å². The molecule has 1 unspecified atom stereocenters. The quantitative estimate of drug-likeness (QED) is 0.0889. The average molecular weight is 631 g/mol. The fourth-order valence-corrected chi connectivity index (χ4v) is 5.31. The Morgan fingerprint density at radius 3 is 2.24 bits per heavy atom. The molecule has 2 amide bonds. The van der Waals surface area contributed by atoms with E-state index in [1.54, 1.807) is 68.8 Å². The number of esters is 1. The molecule has 3 aromatic rings. The number of likely N-dealkylation sites (N-methyl/N-ethyl adjacent to an activating group) is 1. The van der Waals surface area contributed by atoms with Crippen LogP contribution in [0.5, 0.6) is 17.2 Å². The number of methoxy groups -OCH3 is 1. The summed E-state index contributed by atoms with van der Waals surface area (Å²) in [6.07, 6.45) is 1.65. The fraction of sp³-hybridized carbons (Fsp3) is 0.242. The van der Waals surface area contributed by atoms with Crippen LogP contribution in [0.25, 0.3) is 0 Å². The molecule has 0 bridgehead atoms. The van der Waals surface area contributed by atoms with Gasteiger partial charge in [0.15, 0.2) is 0 Å². The number of hydrogen-bond acceptors (Lipinski definition) is 10.